The molecule has 0 amide bonds. The predicted molar refractivity (Wildman–Crippen MR) is 74.2 cm³/mol. The minimum atomic E-state index is 0.474. The fourth-order valence-electron chi connectivity index (χ4n) is 2.72. The quantitative estimate of drug-likeness (QED) is 0.918. The minimum Gasteiger partial charge on any atom is -0.350 e. The van der Waals surface area contributed by atoms with Gasteiger partial charge >= 0.3 is 0 Å². The van der Waals surface area contributed by atoms with Crippen molar-refractivity contribution in [2.45, 2.75) is 38.6 Å². The second kappa shape index (κ2) is 5.38. The van der Waals surface area contributed by atoms with Crippen LogP contribution in [-0.4, -0.2) is 26.2 Å². The molecule has 0 spiro atoms. The molecule has 1 heterocycles. The van der Waals surface area contributed by atoms with Crippen molar-refractivity contribution in [2.24, 2.45) is 5.92 Å². The monoisotopic (exact) mass is 257 g/mol. The van der Waals surface area contributed by atoms with Crippen molar-refractivity contribution in [1.82, 2.24) is 20.2 Å². The van der Waals surface area contributed by atoms with Gasteiger partial charge in [-0.2, -0.15) is 4.68 Å². The minimum absolute atomic E-state index is 0.474. The lowest BCUT2D eigenvalue weighted by atomic mass is 9.86. The Morgan fingerprint density at radius 3 is 2.74 bits per heavy atom. The average Bonchev–Trinajstić information content (AvgIpc) is 2.91. The standard InChI is InChI=1S/C14H19N5/c1-11-7-5-6-10-13(11)15-14-16-17-18-19(14)12-8-3-2-4-9-12/h2-4,8-9,11,13H,5-7,10H2,1H3,(H,15,16,18)/t11-,13-/m1/s1. The molecule has 0 unspecified atom stereocenters. The highest BCUT2D eigenvalue weighted by molar-refractivity contribution is 5.39. The number of aromatic nitrogens is 4. The van der Waals surface area contributed by atoms with Crippen LogP contribution in [0, 0.1) is 5.92 Å². The van der Waals surface area contributed by atoms with Crippen LogP contribution in [-0.2, 0) is 0 Å². The van der Waals surface area contributed by atoms with Crippen molar-refractivity contribution < 1.29 is 0 Å². The fourth-order valence-corrected chi connectivity index (χ4v) is 2.72. The molecule has 1 saturated carbocycles. The highest BCUT2D eigenvalue weighted by Gasteiger charge is 2.23. The Bertz CT molecular complexity index is 522. The second-order valence-electron chi connectivity index (χ2n) is 5.26. The number of hydrogen-bond donors (Lipinski definition) is 1. The SMILES string of the molecule is C[C@@H]1CCCC[C@H]1Nc1nnnn1-c1ccccc1. The molecule has 3 rings (SSSR count). The Balaban J connectivity index is 1.81. The van der Waals surface area contributed by atoms with Gasteiger partial charge in [0.1, 0.15) is 0 Å². The van der Waals surface area contributed by atoms with Gasteiger partial charge in [-0.1, -0.05) is 43.1 Å². The molecular weight excluding hydrogens is 238 g/mol. The van der Waals surface area contributed by atoms with E-state index in [1.165, 1.54) is 25.7 Å². The Labute approximate surface area is 113 Å². The molecule has 1 aromatic carbocycles. The van der Waals surface area contributed by atoms with Gasteiger partial charge in [-0.3, -0.25) is 0 Å². The van der Waals surface area contributed by atoms with Crippen molar-refractivity contribution in [3.8, 4) is 5.69 Å². The van der Waals surface area contributed by atoms with Crippen LogP contribution >= 0.6 is 0 Å². The summed E-state index contributed by atoms with van der Waals surface area (Å²) in [6.45, 7) is 2.30. The van der Waals surface area contributed by atoms with E-state index < -0.39 is 0 Å². The van der Waals surface area contributed by atoms with E-state index in [0.717, 1.165) is 11.6 Å². The maximum atomic E-state index is 4.11. The van der Waals surface area contributed by atoms with Crippen LogP contribution in [0.1, 0.15) is 32.6 Å². The van der Waals surface area contributed by atoms with Gasteiger partial charge in [-0.25, -0.2) is 0 Å². The summed E-state index contributed by atoms with van der Waals surface area (Å²) in [7, 11) is 0. The Kier molecular flexibility index (Phi) is 3.44. The van der Waals surface area contributed by atoms with E-state index in [2.05, 4.69) is 27.8 Å². The van der Waals surface area contributed by atoms with Crippen LogP contribution in [0.3, 0.4) is 0 Å². The summed E-state index contributed by atoms with van der Waals surface area (Å²) in [5.74, 6) is 1.42. The zero-order valence-corrected chi connectivity index (χ0v) is 11.2. The molecule has 0 saturated heterocycles. The van der Waals surface area contributed by atoms with E-state index in [-0.39, 0.29) is 0 Å². The number of anilines is 1. The molecule has 1 N–H and O–H groups in total. The largest absolute Gasteiger partial charge is 0.350 e. The van der Waals surface area contributed by atoms with E-state index >= 15 is 0 Å². The van der Waals surface area contributed by atoms with Gasteiger partial charge in [0.2, 0.25) is 5.95 Å². The topological polar surface area (TPSA) is 55.6 Å². The van der Waals surface area contributed by atoms with Gasteiger partial charge in [0.25, 0.3) is 0 Å². The second-order valence-corrected chi connectivity index (χ2v) is 5.26. The van der Waals surface area contributed by atoms with Crippen molar-refractivity contribution in [3.05, 3.63) is 30.3 Å². The highest BCUT2D eigenvalue weighted by Crippen LogP contribution is 2.26. The van der Waals surface area contributed by atoms with Crippen LogP contribution in [0.5, 0.6) is 0 Å². The predicted octanol–water partition coefficient (Wildman–Crippen LogP) is 2.65. The molecule has 100 valence electrons. The summed E-state index contributed by atoms with van der Waals surface area (Å²) < 4.78 is 1.77. The summed E-state index contributed by atoms with van der Waals surface area (Å²) in [6, 6.07) is 10.5. The molecule has 1 aliphatic rings. The van der Waals surface area contributed by atoms with E-state index in [4.69, 9.17) is 0 Å². The number of hydrogen-bond acceptors (Lipinski definition) is 4. The van der Waals surface area contributed by atoms with Crippen LogP contribution in [0.15, 0.2) is 30.3 Å². The molecule has 5 nitrogen and oxygen atoms in total. The molecule has 0 aliphatic heterocycles. The van der Waals surface area contributed by atoms with Gasteiger partial charge in [0.15, 0.2) is 0 Å². The zero-order chi connectivity index (χ0) is 13.1. The van der Waals surface area contributed by atoms with Gasteiger partial charge in [0, 0.05) is 6.04 Å². The third kappa shape index (κ3) is 2.59. The summed E-state index contributed by atoms with van der Waals surface area (Å²) in [6.07, 6.45) is 5.10. The number of para-hydroxylation sites is 1. The fraction of sp³-hybridized carbons (Fsp3) is 0.500. The van der Waals surface area contributed by atoms with Crippen molar-refractivity contribution >= 4 is 5.95 Å². The average molecular weight is 257 g/mol. The van der Waals surface area contributed by atoms with Crippen molar-refractivity contribution in [3.63, 3.8) is 0 Å². The summed E-state index contributed by atoms with van der Waals surface area (Å²) in [5, 5.41) is 15.5. The summed E-state index contributed by atoms with van der Waals surface area (Å²) >= 11 is 0. The Morgan fingerprint density at radius 2 is 1.95 bits per heavy atom. The third-order valence-electron chi connectivity index (χ3n) is 3.90. The maximum Gasteiger partial charge on any atom is 0.247 e. The molecule has 2 aromatic rings. The van der Waals surface area contributed by atoms with Crippen LogP contribution < -0.4 is 5.32 Å². The zero-order valence-electron chi connectivity index (χ0n) is 11.2. The molecular formula is C14H19N5. The lowest BCUT2D eigenvalue weighted by Crippen LogP contribution is -2.31. The normalized spacial score (nSPS) is 23.2. The summed E-state index contributed by atoms with van der Waals surface area (Å²) in [5.41, 5.74) is 0.985. The first-order valence-electron chi connectivity index (χ1n) is 6.95. The van der Waals surface area contributed by atoms with Gasteiger partial charge in [-0.05, 0) is 41.3 Å². The van der Waals surface area contributed by atoms with Crippen LogP contribution in [0.4, 0.5) is 5.95 Å². The number of rotatable bonds is 3. The molecule has 1 aliphatic carbocycles. The first-order chi connectivity index (χ1) is 9.34. The molecule has 5 heteroatoms. The number of nitrogens with zero attached hydrogens (tertiary/aromatic N) is 4. The summed E-state index contributed by atoms with van der Waals surface area (Å²) in [4.78, 5) is 0. The van der Waals surface area contributed by atoms with Crippen LogP contribution in [0.25, 0.3) is 5.69 Å². The van der Waals surface area contributed by atoms with Gasteiger partial charge in [0.05, 0.1) is 5.69 Å². The number of benzene rings is 1. The molecule has 0 bridgehead atoms. The molecule has 19 heavy (non-hydrogen) atoms. The third-order valence-corrected chi connectivity index (χ3v) is 3.90. The van der Waals surface area contributed by atoms with E-state index in [0.29, 0.717) is 12.0 Å². The van der Waals surface area contributed by atoms with Crippen molar-refractivity contribution in [2.75, 3.05) is 5.32 Å². The smallest absolute Gasteiger partial charge is 0.247 e. The van der Waals surface area contributed by atoms with Gasteiger partial charge < -0.3 is 5.32 Å². The first-order valence-corrected chi connectivity index (χ1v) is 6.95. The van der Waals surface area contributed by atoms with Crippen LogP contribution in [0.2, 0.25) is 0 Å². The molecule has 1 fully saturated rings. The molecule has 0 radical (unpaired) electrons. The van der Waals surface area contributed by atoms with E-state index in [9.17, 15) is 0 Å². The lowest BCUT2D eigenvalue weighted by Gasteiger charge is -2.29. The number of tetrazole rings is 1. The molecule has 1 aromatic heterocycles. The highest BCUT2D eigenvalue weighted by atomic mass is 15.6. The Hall–Kier alpha value is -1.91. The van der Waals surface area contributed by atoms with E-state index in [1.807, 2.05) is 30.3 Å². The number of nitrogens with one attached hydrogen (secondary N) is 1. The Morgan fingerprint density at radius 1 is 1.16 bits per heavy atom. The van der Waals surface area contributed by atoms with Crippen molar-refractivity contribution in [1.29, 1.82) is 0 Å². The maximum absolute atomic E-state index is 4.11. The lowest BCUT2D eigenvalue weighted by molar-refractivity contribution is 0.348. The molecule has 2 atom stereocenters. The van der Waals surface area contributed by atoms with E-state index in [1.54, 1.807) is 4.68 Å². The van der Waals surface area contributed by atoms with Gasteiger partial charge in [-0.15, -0.1) is 0 Å². The first kappa shape index (κ1) is 12.1.